The van der Waals surface area contributed by atoms with E-state index in [2.05, 4.69) is 5.29 Å². The van der Waals surface area contributed by atoms with Crippen LogP contribution in [0.2, 0.25) is 5.02 Å². The highest BCUT2D eigenvalue weighted by Crippen LogP contribution is 2.44. The summed E-state index contributed by atoms with van der Waals surface area (Å²) in [5.74, 6) is -1.09. The van der Waals surface area contributed by atoms with E-state index >= 15 is 0 Å². The molecule has 2 rings (SSSR count). The van der Waals surface area contributed by atoms with Gasteiger partial charge < -0.3 is 10.2 Å². The molecule has 1 aliphatic heterocycles. The molecule has 1 heterocycles. The van der Waals surface area contributed by atoms with E-state index in [0.29, 0.717) is 10.6 Å². The standard InChI is InChI=1S/C12H13ClN2O4S/c1-7-12(18,8-3-2-4-9(13)5-8)20-6-10(11(16)17)15(7)14-19/h2-5,7,10,18H,6H2,1H3,(H,16,17)/t7-,10+,12+/m0/s1. The van der Waals surface area contributed by atoms with Gasteiger partial charge in [-0.25, -0.2) is 9.80 Å². The minimum atomic E-state index is -1.44. The molecular formula is C12H13ClN2O4S. The predicted molar refractivity (Wildman–Crippen MR) is 76.3 cm³/mol. The van der Waals surface area contributed by atoms with Crippen LogP contribution in [0, 0.1) is 4.91 Å². The minimum absolute atomic E-state index is 0.0500. The van der Waals surface area contributed by atoms with Gasteiger partial charge in [0.2, 0.25) is 0 Å². The first kappa shape index (κ1) is 15.1. The van der Waals surface area contributed by atoms with E-state index < -0.39 is 23.0 Å². The number of nitrogens with zero attached hydrogens (tertiary/aromatic N) is 2. The third-order valence-electron chi connectivity index (χ3n) is 3.36. The topological polar surface area (TPSA) is 90.2 Å². The normalized spacial score (nSPS) is 30.1. The largest absolute Gasteiger partial charge is 0.480 e. The number of hydrogen-bond acceptors (Lipinski definition) is 5. The number of benzene rings is 1. The Morgan fingerprint density at radius 2 is 2.30 bits per heavy atom. The first-order valence-electron chi connectivity index (χ1n) is 5.87. The molecule has 0 spiro atoms. The Bertz CT molecular complexity index is 544. The van der Waals surface area contributed by atoms with Crippen LogP contribution in [0.3, 0.4) is 0 Å². The highest BCUT2D eigenvalue weighted by molar-refractivity contribution is 8.00. The maximum Gasteiger partial charge on any atom is 0.329 e. The summed E-state index contributed by atoms with van der Waals surface area (Å²) in [6.07, 6.45) is 0. The maximum absolute atomic E-state index is 11.1. The molecular weight excluding hydrogens is 304 g/mol. The molecule has 108 valence electrons. The second-order valence-electron chi connectivity index (χ2n) is 4.51. The molecule has 20 heavy (non-hydrogen) atoms. The van der Waals surface area contributed by atoms with Gasteiger partial charge in [-0.1, -0.05) is 23.7 Å². The van der Waals surface area contributed by atoms with Crippen molar-refractivity contribution in [3.8, 4) is 0 Å². The van der Waals surface area contributed by atoms with Gasteiger partial charge in [0.25, 0.3) is 0 Å². The van der Waals surface area contributed by atoms with Crippen molar-refractivity contribution in [3.63, 3.8) is 0 Å². The highest BCUT2D eigenvalue weighted by Gasteiger charge is 2.49. The number of halogens is 1. The molecule has 6 nitrogen and oxygen atoms in total. The van der Waals surface area contributed by atoms with Crippen molar-refractivity contribution in [2.24, 2.45) is 5.29 Å². The second kappa shape index (κ2) is 5.59. The summed E-state index contributed by atoms with van der Waals surface area (Å²) in [7, 11) is 0. The molecule has 0 saturated carbocycles. The van der Waals surface area contributed by atoms with Crippen LogP contribution in [0.5, 0.6) is 0 Å². The molecule has 0 unspecified atom stereocenters. The Morgan fingerprint density at radius 1 is 1.60 bits per heavy atom. The molecule has 8 heteroatoms. The Morgan fingerprint density at radius 3 is 2.85 bits per heavy atom. The van der Waals surface area contributed by atoms with Gasteiger partial charge in [0, 0.05) is 10.8 Å². The lowest BCUT2D eigenvalue weighted by atomic mass is 10.0. The van der Waals surface area contributed by atoms with E-state index in [4.69, 9.17) is 16.7 Å². The van der Waals surface area contributed by atoms with Gasteiger partial charge in [-0.3, -0.25) is 0 Å². The van der Waals surface area contributed by atoms with E-state index in [1.165, 1.54) is 0 Å². The van der Waals surface area contributed by atoms with Crippen molar-refractivity contribution in [3.05, 3.63) is 39.8 Å². The van der Waals surface area contributed by atoms with E-state index in [1.54, 1.807) is 31.2 Å². The van der Waals surface area contributed by atoms with E-state index in [-0.39, 0.29) is 5.75 Å². The fraction of sp³-hybridized carbons (Fsp3) is 0.417. The second-order valence-corrected chi connectivity index (χ2v) is 6.19. The van der Waals surface area contributed by atoms with Gasteiger partial charge in [-0.05, 0) is 24.6 Å². The lowest BCUT2D eigenvalue weighted by Crippen LogP contribution is -2.56. The zero-order valence-electron chi connectivity index (χ0n) is 10.6. The molecule has 0 aliphatic carbocycles. The summed E-state index contributed by atoms with van der Waals surface area (Å²) in [4.78, 5) is 20.6. The summed E-state index contributed by atoms with van der Waals surface area (Å²) < 4.78 is 0. The molecule has 0 bridgehead atoms. The average Bonchev–Trinajstić information content (AvgIpc) is 2.41. The Labute approximate surface area is 124 Å². The molecule has 1 aromatic rings. The summed E-state index contributed by atoms with van der Waals surface area (Å²) in [6, 6.07) is 4.78. The molecule has 3 atom stereocenters. The zero-order valence-corrected chi connectivity index (χ0v) is 12.1. The van der Waals surface area contributed by atoms with Gasteiger partial charge in [-0.15, -0.1) is 16.7 Å². The van der Waals surface area contributed by atoms with Crippen molar-refractivity contribution in [1.82, 2.24) is 5.01 Å². The molecule has 1 saturated heterocycles. The Hall–Kier alpha value is -1.31. The number of rotatable bonds is 3. The number of aliphatic carboxylic acids is 1. The summed E-state index contributed by atoms with van der Waals surface area (Å²) >= 11 is 6.98. The highest BCUT2D eigenvalue weighted by atomic mass is 35.5. The lowest BCUT2D eigenvalue weighted by molar-refractivity contribution is -0.145. The number of hydrogen-bond donors (Lipinski definition) is 2. The smallest absolute Gasteiger partial charge is 0.329 e. The molecule has 1 aromatic carbocycles. The van der Waals surface area contributed by atoms with Crippen molar-refractivity contribution in [1.29, 1.82) is 0 Å². The minimum Gasteiger partial charge on any atom is -0.480 e. The average molecular weight is 317 g/mol. The van der Waals surface area contributed by atoms with Crippen LogP contribution in [0.15, 0.2) is 29.6 Å². The number of nitroso groups, excluding NO2 is 1. The third kappa shape index (κ3) is 2.48. The summed E-state index contributed by atoms with van der Waals surface area (Å²) in [5, 5.41) is 24.0. The van der Waals surface area contributed by atoms with Crippen molar-refractivity contribution >= 4 is 29.3 Å². The number of carbonyl (C=O) groups is 1. The lowest BCUT2D eigenvalue weighted by Gasteiger charge is -2.44. The van der Waals surface area contributed by atoms with Gasteiger partial charge >= 0.3 is 5.97 Å². The van der Waals surface area contributed by atoms with Crippen LogP contribution in [-0.4, -0.2) is 39.0 Å². The fourth-order valence-corrected chi connectivity index (χ4v) is 3.74. The molecule has 1 aliphatic rings. The number of aliphatic hydroxyl groups is 1. The van der Waals surface area contributed by atoms with Crippen molar-refractivity contribution in [2.45, 2.75) is 23.9 Å². The molecule has 0 radical (unpaired) electrons. The third-order valence-corrected chi connectivity index (χ3v) is 5.10. The maximum atomic E-state index is 11.1. The van der Waals surface area contributed by atoms with Crippen LogP contribution < -0.4 is 0 Å². The first-order chi connectivity index (χ1) is 9.40. The SMILES string of the molecule is C[C@@H]1N(N=O)[C@@H](C(=O)O)CS[C@@]1(O)c1cccc(Cl)c1. The van der Waals surface area contributed by atoms with Gasteiger partial charge in [-0.2, -0.15) is 0 Å². The molecule has 0 amide bonds. The predicted octanol–water partition coefficient (Wildman–Crippen LogP) is 2.06. The van der Waals surface area contributed by atoms with Crippen LogP contribution in [0.1, 0.15) is 12.5 Å². The fourth-order valence-electron chi connectivity index (χ4n) is 2.20. The van der Waals surface area contributed by atoms with Crippen molar-refractivity contribution < 1.29 is 15.0 Å². The zero-order chi connectivity index (χ0) is 14.9. The summed E-state index contributed by atoms with van der Waals surface area (Å²) in [5.41, 5.74) is 0.514. The van der Waals surface area contributed by atoms with Crippen LogP contribution in [0.4, 0.5) is 0 Å². The van der Waals surface area contributed by atoms with Crippen LogP contribution >= 0.6 is 23.4 Å². The van der Waals surface area contributed by atoms with Gasteiger partial charge in [0.1, 0.15) is 0 Å². The van der Waals surface area contributed by atoms with E-state index in [9.17, 15) is 14.8 Å². The molecule has 0 aromatic heterocycles. The van der Waals surface area contributed by atoms with Crippen LogP contribution in [0.25, 0.3) is 0 Å². The quantitative estimate of drug-likeness (QED) is 0.830. The molecule has 1 fully saturated rings. The molecule has 2 N–H and O–H groups in total. The van der Waals surface area contributed by atoms with Gasteiger partial charge in [0.15, 0.2) is 11.0 Å². The van der Waals surface area contributed by atoms with E-state index in [1.807, 2.05) is 0 Å². The monoisotopic (exact) mass is 316 g/mol. The number of carboxylic acids is 1. The Kier molecular flexibility index (Phi) is 4.22. The summed E-state index contributed by atoms with van der Waals surface area (Å²) in [6.45, 7) is 1.56. The first-order valence-corrected chi connectivity index (χ1v) is 7.23. The van der Waals surface area contributed by atoms with Gasteiger partial charge in [0.05, 0.1) is 11.3 Å². The van der Waals surface area contributed by atoms with E-state index in [0.717, 1.165) is 16.8 Å². The number of thioether (sulfide) groups is 1. The van der Waals surface area contributed by atoms with Crippen LogP contribution in [-0.2, 0) is 9.73 Å². The number of carboxylic acid groups (broad SMARTS) is 1. The Balaban J connectivity index is 2.38. The van der Waals surface area contributed by atoms with Crippen molar-refractivity contribution in [2.75, 3.05) is 5.75 Å².